The fourth-order valence-corrected chi connectivity index (χ4v) is 2.77. The van der Waals surface area contributed by atoms with Crippen LogP contribution < -0.4 is 0 Å². The van der Waals surface area contributed by atoms with Crippen LogP contribution in [0.5, 0.6) is 0 Å². The van der Waals surface area contributed by atoms with Gasteiger partial charge in [0.1, 0.15) is 5.76 Å². The molecule has 0 radical (unpaired) electrons. The van der Waals surface area contributed by atoms with Gasteiger partial charge in [0.2, 0.25) is 0 Å². The number of allylic oxidation sites excluding steroid dienone is 3. The molecule has 0 N–H and O–H groups in total. The second-order valence-electron chi connectivity index (χ2n) is 4.82. The average Bonchev–Trinajstić information content (AvgIpc) is 2.37. The van der Waals surface area contributed by atoms with Crippen molar-refractivity contribution in [2.24, 2.45) is 11.3 Å². The Kier molecular flexibility index (Phi) is 2.66. The van der Waals surface area contributed by atoms with Gasteiger partial charge in [-0.1, -0.05) is 32.3 Å². The lowest BCUT2D eigenvalue weighted by Crippen LogP contribution is -2.25. The van der Waals surface area contributed by atoms with Gasteiger partial charge >= 0.3 is 0 Å². The van der Waals surface area contributed by atoms with Crippen LogP contribution in [0.1, 0.15) is 39.0 Å². The largest absolute Gasteiger partial charge is 0.497 e. The highest BCUT2D eigenvalue weighted by Crippen LogP contribution is 2.44. The van der Waals surface area contributed by atoms with Gasteiger partial charge in [-0.15, -0.1) is 0 Å². The predicted octanol–water partition coefficient (Wildman–Crippen LogP) is 3.67. The molecule has 0 spiro atoms. The van der Waals surface area contributed by atoms with Gasteiger partial charge < -0.3 is 4.74 Å². The molecule has 0 aliphatic heterocycles. The van der Waals surface area contributed by atoms with E-state index < -0.39 is 0 Å². The van der Waals surface area contributed by atoms with E-state index in [1.54, 1.807) is 7.11 Å². The van der Waals surface area contributed by atoms with Gasteiger partial charge in [0.05, 0.1) is 7.11 Å². The fraction of sp³-hybridized carbons (Fsp3) is 0.692. The van der Waals surface area contributed by atoms with Crippen molar-refractivity contribution >= 4 is 0 Å². The Morgan fingerprint density at radius 3 is 3.00 bits per heavy atom. The van der Waals surface area contributed by atoms with E-state index in [4.69, 9.17) is 4.74 Å². The normalized spacial score (nSPS) is 37.0. The van der Waals surface area contributed by atoms with Crippen molar-refractivity contribution in [1.82, 2.24) is 0 Å². The Morgan fingerprint density at radius 2 is 2.21 bits per heavy atom. The van der Waals surface area contributed by atoms with E-state index in [9.17, 15) is 0 Å². The number of hydrogen-bond acceptors (Lipinski definition) is 1. The third kappa shape index (κ3) is 1.73. The number of fused-ring (bicyclic) bond motifs is 1. The quantitative estimate of drug-likeness (QED) is 0.616. The third-order valence-electron chi connectivity index (χ3n) is 3.78. The maximum Gasteiger partial charge on any atom is 0.115 e. The summed E-state index contributed by atoms with van der Waals surface area (Å²) in [4.78, 5) is 0. The van der Waals surface area contributed by atoms with Crippen LogP contribution in [0.3, 0.4) is 0 Å². The van der Waals surface area contributed by atoms with Crippen molar-refractivity contribution in [1.29, 1.82) is 0 Å². The molecule has 1 fully saturated rings. The molecule has 0 bridgehead atoms. The average molecular weight is 192 g/mol. The molecule has 1 saturated carbocycles. The van der Waals surface area contributed by atoms with E-state index in [2.05, 4.69) is 25.2 Å². The lowest BCUT2D eigenvalue weighted by molar-refractivity contribution is 0.243. The van der Waals surface area contributed by atoms with E-state index in [0.717, 1.165) is 11.7 Å². The first-order chi connectivity index (χ1) is 6.74. The fourth-order valence-electron chi connectivity index (χ4n) is 2.77. The van der Waals surface area contributed by atoms with Crippen molar-refractivity contribution in [3.05, 3.63) is 24.0 Å². The Balaban J connectivity index is 2.23. The lowest BCUT2D eigenvalue weighted by atomic mass is 9.71. The molecule has 1 heteroatoms. The van der Waals surface area contributed by atoms with Gasteiger partial charge in [-0.2, -0.15) is 0 Å². The first-order valence-corrected chi connectivity index (χ1v) is 5.70. The summed E-state index contributed by atoms with van der Waals surface area (Å²) in [6.45, 7) is 2.38. The number of methoxy groups -OCH3 is 1. The van der Waals surface area contributed by atoms with Crippen LogP contribution in [-0.4, -0.2) is 7.11 Å². The molecule has 0 heterocycles. The Morgan fingerprint density at radius 1 is 1.36 bits per heavy atom. The van der Waals surface area contributed by atoms with Crippen molar-refractivity contribution in [2.75, 3.05) is 7.11 Å². The topological polar surface area (TPSA) is 9.23 Å². The summed E-state index contributed by atoms with van der Waals surface area (Å²) in [5.41, 5.74) is 0.358. The lowest BCUT2D eigenvalue weighted by Gasteiger charge is -2.34. The molecular weight excluding hydrogens is 172 g/mol. The molecule has 2 rings (SSSR count). The monoisotopic (exact) mass is 192 g/mol. The molecule has 0 saturated heterocycles. The van der Waals surface area contributed by atoms with Crippen molar-refractivity contribution in [3.63, 3.8) is 0 Å². The molecule has 2 aliphatic rings. The summed E-state index contributed by atoms with van der Waals surface area (Å²) in [5, 5.41) is 0. The van der Waals surface area contributed by atoms with Crippen LogP contribution in [0.25, 0.3) is 0 Å². The second kappa shape index (κ2) is 3.80. The third-order valence-corrected chi connectivity index (χ3v) is 3.78. The zero-order valence-corrected chi connectivity index (χ0v) is 9.25. The molecule has 0 aromatic carbocycles. The van der Waals surface area contributed by atoms with Crippen molar-refractivity contribution in [2.45, 2.75) is 39.0 Å². The zero-order valence-electron chi connectivity index (χ0n) is 9.25. The molecule has 14 heavy (non-hydrogen) atoms. The maximum atomic E-state index is 5.32. The SMILES string of the molecule is COC1=CC2(C)CCCCCC2C=C1. The molecular formula is C13H20O. The molecule has 2 aliphatic carbocycles. The highest BCUT2D eigenvalue weighted by molar-refractivity contribution is 5.24. The second-order valence-corrected chi connectivity index (χ2v) is 4.82. The standard InChI is InChI=1S/C13H20O/c1-13-9-5-3-4-6-11(13)7-8-12(10-13)14-2/h7-8,10-11H,3-6,9H2,1-2H3. The summed E-state index contributed by atoms with van der Waals surface area (Å²) in [6, 6.07) is 0. The molecule has 0 amide bonds. The Labute approximate surface area is 86.8 Å². The van der Waals surface area contributed by atoms with Crippen LogP contribution in [0.2, 0.25) is 0 Å². The highest BCUT2D eigenvalue weighted by atomic mass is 16.5. The summed E-state index contributed by atoms with van der Waals surface area (Å²) >= 11 is 0. The highest BCUT2D eigenvalue weighted by Gasteiger charge is 2.34. The summed E-state index contributed by atoms with van der Waals surface area (Å²) in [7, 11) is 1.76. The number of rotatable bonds is 1. The van der Waals surface area contributed by atoms with Crippen LogP contribution in [0.15, 0.2) is 24.0 Å². The minimum atomic E-state index is 0.358. The smallest absolute Gasteiger partial charge is 0.115 e. The van der Waals surface area contributed by atoms with Gasteiger partial charge in [-0.05, 0) is 36.3 Å². The van der Waals surface area contributed by atoms with E-state index >= 15 is 0 Å². The minimum Gasteiger partial charge on any atom is -0.497 e. The van der Waals surface area contributed by atoms with Gasteiger partial charge in [0.25, 0.3) is 0 Å². The molecule has 2 unspecified atom stereocenters. The maximum absolute atomic E-state index is 5.32. The van der Waals surface area contributed by atoms with E-state index in [-0.39, 0.29) is 0 Å². The number of ether oxygens (including phenoxy) is 1. The van der Waals surface area contributed by atoms with Gasteiger partial charge in [0.15, 0.2) is 0 Å². The van der Waals surface area contributed by atoms with Crippen molar-refractivity contribution in [3.8, 4) is 0 Å². The molecule has 1 nitrogen and oxygen atoms in total. The predicted molar refractivity (Wildman–Crippen MR) is 58.9 cm³/mol. The molecule has 2 atom stereocenters. The van der Waals surface area contributed by atoms with E-state index in [0.29, 0.717) is 5.41 Å². The molecule has 78 valence electrons. The van der Waals surface area contributed by atoms with Gasteiger partial charge in [-0.25, -0.2) is 0 Å². The summed E-state index contributed by atoms with van der Waals surface area (Å²) in [6.07, 6.45) is 13.6. The first-order valence-electron chi connectivity index (χ1n) is 5.70. The summed E-state index contributed by atoms with van der Waals surface area (Å²) in [5.74, 6) is 1.79. The number of hydrogen-bond donors (Lipinski definition) is 0. The van der Waals surface area contributed by atoms with Crippen LogP contribution >= 0.6 is 0 Å². The molecule has 0 aromatic heterocycles. The van der Waals surface area contributed by atoms with Crippen LogP contribution in [0, 0.1) is 11.3 Å². The minimum absolute atomic E-state index is 0.358. The Hall–Kier alpha value is -0.720. The Bertz CT molecular complexity index is 264. The first kappa shape index (κ1) is 9.82. The zero-order chi connectivity index (χ0) is 10.0. The van der Waals surface area contributed by atoms with Crippen LogP contribution in [-0.2, 0) is 4.74 Å². The summed E-state index contributed by atoms with van der Waals surface area (Å²) < 4.78 is 5.32. The van der Waals surface area contributed by atoms with Gasteiger partial charge in [0, 0.05) is 0 Å². The van der Waals surface area contributed by atoms with Gasteiger partial charge in [-0.3, -0.25) is 0 Å². The van der Waals surface area contributed by atoms with E-state index in [1.165, 1.54) is 32.1 Å². The molecule has 0 aromatic rings. The van der Waals surface area contributed by atoms with E-state index in [1.807, 2.05) is 0 Å². The van der Waals surface area contributed by atoms with Crippen molar-refractivity contribution < 1.29 is 4.74 Å². The van der Waals surface area contributed by atoms with Crippen LogP contribution in [0.4, 0.5) is 0 Å².